The number of aliphatic hydroxyl groups excluding tert-OH is 1. The maximum absolute atomic E-state index is 13.9. The largest absolute Gasteiger partial charge is 0.390 e. The van der Waals surface area contributed by atoms with Crippen LogP contribution in [0.1, 0.15) is 57.1 Å². The van der Waals surface area contributed by atoms with Crippen molar-refractivity contribution in [1.82, 2.24) is 15.5 Å². The Kier molecular flexibility index (Phi) is 13.5. The van der Waals surface area contributed by atoms with Gasteiger partial charge in [0.25, 0.3) is 0 Å². The molecule has 0 spiro atoms. The molecule has 0 heterocycles. The van der Waals surface area contributed by atoms with Gasteiger partial charge in [-0.25, -0.2) is 4.39 Å². The standard InChI is InChI=1S/C28H39ClFN3O3/c1-3-13-33(14-4-2)28(36)12-8-11-27(35)32-25(17-22-15-23(29)18-24(30)16-22)26(34)20-31-19-21-9-6-5-7-10-21/h5-7,9-10,15-16,18,25-26,31,34H,3-4,8,11-14,17,19-20H2,1-2H3,(H,32,35)/t25-,26+/m0/s1. The SMILES string of the molecule is CCCN(CCC)C(=O)CCCC(=O)N[C@@H](Cc1cc(F)cc(Cl)c1)[C@H](O)CNCc1ccccc1. The van der Waals surface area contributed by atoms with Gasteiger partial charge in [0.1, 0.15) is 5.82 Å². The molecule has 3 N–H and O–H groups in total. The van der Waals surface area contributed by atoms with Crippen LogP contribution >= 0.6 is 11.6 Å². The number of benzene rings is 2. The highest BCUT2D eigenvalue weighted by molar-refractivity contribution is 6.30. The maximum Gasteiger partial charge on any atom is 0.222 e. The second-order valence-corrected chi connectivity index (χ2v) is 9.51. The Morgan fingerprint density at radius 1 is 1.03 bits per heavy atom. The number of amides is 2. The Bertz CT molecular complexity index is 919. The topological polar surface area (TPSA) is 81.7 Å². The van der Waals surface area contributed by atoms with E-state index >= 15 is 0 Å². The summed E-state index contributed by atoms with van der Waals surface area (Å²) in [6, 6.07) is 13.3. The number of halogens is 2. The number of hydrogen-bond acceptors (Lipinski definition) is 4. The van der Waals surface area contributed by atoms with Crippen molar-refractivity contribution in [2.45, 2.75) is 71.1 Å². The molecule has 0 aliphatic carbocycles. The van der Waals surface area contributed by atoms with E-state index in [9.17, 15) is 19.1 Å². The van der Waals surface area contributed by atoms with E-state index in [1.807, 2.05) is 49.1 Å². The van der Waals surface area contributed by atoms with Crippen molar-refractivity contribution in [2.75, 3.05) is 19.6 Å². The highest BCUT2D eigenvalue weighted by atomic mass is 35.5. The van der Waals surface area contributed by atoms with Gasteiger partial charge in [-0.3, -0.25) is 9.59 Å². The zero-order chi connectivity index (χ0) is 26.3. The van der Waals surface area contributed by atoms with E-state index in [-0.39, 0.29) is 36.2 Å². The minimum absolute atomic E-state index is 0.0580. The fourth-order valence-corrected chi connectivity index (χ4v) is 4.35. The lowest BCUT2D eigenvalue weighted by molar-refractivity contribution is -0.131. The molecule has 2 atom stereocenters. The smallest absolute Gasteiger partial charge is 0.222 e. The van der Waals surface area contributed by atoms with Crippen molar-refractivity contribution in [3.05, 3.63) is 70.5 Å². The number of hydrogen-bond donors (Lipinski definition) is 3. The van der Waals surface area contributed by atoms with Gasteiger partial charge < -0.3 is 20.6 Å². The third kappa shape index (κ3) is 11.1. The van der Waals surface area contributed by atoms with E-state index in [4.69, 9.17) is 11.6 Å². The van der Waals surface area contributed by atoms with Crippen LogP contribution < -0.4 is 10.6 Å². The lowest BCUT2D eigenvalue weighted by atomic mass is 10.00. The van der Waals surface area contributed by atoms with E-state index < -0.39 is 18.0 Å². The van der Waals surface area contributed by atoms with Gasteiger partial charge in [-0.2, -0.15) is 0 Å². The summed E-state index contributed by atoms with van der Waals surface area (Å²) in [4.78, 5) is 27.0. The van der Waals surface area contributed by atoms with Crippen LogP contribution in [0.4, 0.5) is 4.39 Å². The normalized spacial score (nSPS) is 12.7. The van der Waals surface area contributed by atoms with E-state index in [1.165, 1.54) is 12.1 Å². The Morgan fingerprint density at radius 2 is 1.72 bits per heavy atom. The van der Waals surface area contributed by atoms with E-state index in [0.717, 1.165) is 31.5 Å². The number of carbonyl (C=O) groups is 2. The lowest BCUT2D eigenvalue weighted by Gasteiger charge is -2.25. The average molecular weight is 520 g/mol. The summed E-state index contributed by atoms with van der Waals surface area (Å²) in [6.07, 6.45) is 2.00. The number of nitrogens with one attached hydrogen (secondary N) is 2. The first-order chi connectivity index (χ1) is 17.3. The third-order valence-corrected chi connectivity index (χ3v) is 6.07. The zero-order valence-electron chi connectivity index (χ0n) is 21.3. The molecule has 0 radical (unpaired) electrons. The first kappa shape index (κ1) is 29.7. The number of aliphatic hydroxyl groups is 1. The lowest BCUT2D eigenvalue weighted by Crippen LogP contribution is -2.48. The molecule has 0 saturated carbocycles. The van der Waals surface area contributed by atoms with E-state index in [2.05, 4.69) is 10.6 Å². The minimum atomic E-state index is -0.911. The van der Waals surface area contributed by atoms with E-state index in [1.54, 1.807) is 6.07 Å². The van der Waals surface area contributed by atoms with Crippen LogP contribution in [0.3, 0.4) is 0 Å². The molecule has 2 aromatic carbocycles. The van der Waals surface area contributed by atoms with Gasteiger partial charge in [-0.15, -0.1) is 0 Å². The molecule has 36 heavy (non-hydrogen) atoms. The van der Waals surface area contributed by atoms with Gasteiger partial charge in [0.2, 0.25) is 11.8 Å². The molecule has 198 valence electrons. The maximum atomic E-state index is 13.9. The van der Waals surface area contributed by atoms with Gasteiger partial charge in [0.05, 0.1) is 12.1 Å². The number of carbonyl (C=O) groups excluding carboxylic acids is 2. The van der Waals surface area contributed by atoms with Crippen molar-refractivity contribution in [3.8, 4) is 0 Å². The highest BCUT2D eigenvalue weighted by Gasteiger charge is 2.22. The quantitative estimate of drug-likeness (QED) is 0.305. The summed E-state index contributed by atoms with van der Waals surface area (Å²) >= 11 is 6.00. The van der Waals surface area contributed by atoms with Crippen LogP contribution in [0.2, 0.25) is 5.02 Å². The van der Waals surface area contributed by atoms with Crippen LogP contribution in [0.15, 0.2) is 48.5 Å². The average Bonchev–Trinajstić information content (AvgIpc) is 2.83. The Morgan fingerprint density at radius 3 is 2.36 bits per heavy atom. The molecular weight excluding hydrogens is 481 g/mol. The molecule has 0 unspecified atom stereocenters. The molecule has 0 bridgehead atoms. The fraction of sp³-hybridized carbons (Fsp3) is 0.500. The molecule has 8 heteroatoms. The van der Waals surface area contributed by atoms with Gasteiger partial charge in [0, 0.05) is 44.0 Å². The summed E-state index contributed by atoms with van der Waals surface area (Å²) in [5.41, 5.74) is 1.66. The molecule has 0 fully saturated rings. The number of nitrogens with zero attached hydrogens (tertiary/aromatic N) is 1. The summed E-state index contributed by atoms with van der Waals surface area (Å²) in [7, 11) is 0. The number of rotatable bonds is 16. The monoisotopic (exact) mass is 519 g/mol. The molecule has 2 aromatic rings. The van der Waals surface area contributed by atoms with Crippen LogP contribution in [0, 0.1) is 5.82 Å². The molecular formula is C28H39ClFN3O3. The fourth-order valence-electron chi connectivity index (χ4n) is 4.11. The molecule has 0 saturated heterocycles. The van der Waals surface area contributed by atoms with E-state index in [0.29, 0.717) is 24.9 Å². The molecule has 2 amide bonds. The van der Waals surface area contributed by atoms with Crippen molar-refractivity contribution in [2.24, 2.45) is 0 Å². The summed E-state index contributed by atoms with van der Waals surface area (Å²) in [6.45, 7) is 6.33. The summed E-state index contributed by atoms with van der Waals surface area (Å²) in [5.74, 6) is -0.668. The van der Waals surface area contributed by atoms with Crippen molar-refractivity contribution in [3.63, 3.8) is 0 Å². The molecule has 2 rings (SSSR count). The van der Waals surface area contributed by atoms with Gasteiger partial charge >= 0.3 is 0 Å². The van der Waals surface area contributed by atoms with Gasteiger partial charge in [-0.05, 0) is 55.0 Å². The second-order valence-electron chi connectivity index (χ2n) is 9.07. The third-order valence-electron chi connectivity index (χ3n) is 5.85. The van der Waals surface area contributed by atoms with Gasteiger partial charge in [-0.1, -0.05) is 55.8 Å². The molecule has 0 aliphatic rings. The zero-order valence-corrected chi connectivity index (χ0v) is 22.1. The Balaban J connectivity index is 1.95. The predicted molar refractivity (Wildman–Crippen MR) is 142 cm³/mol. The van der Waals surface area contributed by atoms with Crippen molar-refractivity contribution in [1.29, 1.82) is 0 Å². The van der Waals surface area contributed by atoms with Crippen molar-refractivity contribution < 1.29 is 19.1 Å². The highest BCUT2D eigenvalue weighted by Crippen LogP contribution is 2.17. The Hall–Kier alpha value is -2.48. The van der Waals surface area contributed by atoms with Crippen LogP contribution in [-0.4, -0.2) is 53.6 Å². The van der Waals surface area contributed by atoms with Crippen LogP contribution in [0.5, 0.6) is 0 Å². The van der Waals surface area contributed by atoms with Gasteiger partial charge in [0.15, 0.2) is 0 Å². The van der Waals surface area contributed by atoms with Crippen LogP contribution in [-0.2, 0) is 22.6 Å². The predicted octanol–water partition coefficient (Wildman–Crippen LogP) is 4.48. The molecule has 0 aliphatic heterocycles. The minimum Gasteiger partial charge on any atom is -0.390 e. The summed E-state index contributed by atoms with van der Waals surface area (Å²) in [5, 5.41) is 17.2. The first-order valence-electron chi connectivity index (χ1n) is 12.8. The first-order valence-corrected chi connectivity index (χ1v) is 13.1. The molecule has 6 nitrogen and oxygen atoms in total. The summed E-state index contributed by atoms with van der Waals surface area (Å²) < 4.78 is 13.9. The molecule has 0 aromatic heterocycles. The second kappa shape index (κ2) is 16.3. The van der Waals surface area contributed by atoms with Crippen molar-refractivity contribution >= 4 is 23.4 Å². The van der Waals surface area contributed by atoms with Crippen LogP contribution in [0.25, 0.3) is 0 Å². The Labute approximate surface area is 219 Å².